The Bertz CT molecular complexity index is 549. The SMILES string of the molecule is NC(Cc1ccc(CCc2ccccc2)cc1)C(=O)O. The molecule has 0 aliphatic rings. The summed E-state index contributed by atoms with van der Waals surface area (Å²) in [5.41, 5.74) is 9.06. The van der Waals surface area contributed by atoms with Crippen molar-refractivity contribution in [2.75, 3.05) is 0 Å². The lowest BCUT2D eigenvalue weighted by Crippen LogP contribution is -2.32. The van der Waals surface area contributed by atoms with Gasteiger partial charge in [-0.2, -0.15) is 0 Å². The second-order valence-corrected chi connectivity index (χ2v) is 4.95. The van der Waals surface area contributed by atoms with Crippen molar-refractivity contribution in [2.45, 2.75) is 25.3 Å². The molecule has 0 amide bonds. The fourth-order valence-corrected chi connectivity index (χ4v) is 2.12. The zero-order valence-corrected chi connectivity index (χ0v) is 11.3. The number of carboxylic acids is 1. The second kappa shape index (κ2) is 6.87. The molecule has 0 bridgehead atoms. The van der Waals surface area contributed by atoms with Crippen molar-refractivity contribution in [3.05, 3.63) is 71.3 Å². The predicted molar refractivity (Wildman–Crippen MR) is 79.6 cm³/mol. The number of carboxylic acid groups (broad SMARTS) is 1. The Morgan fingerprint density at radius 1 is 0.900 bits per heavy atom. The van der Waals surface area contributed by atoms with E-state index < -0.39 is 12.0 Å². The first-order valence-electron chi connectivity index (χ1n) is 6.75. The molecule has 2 rings (SSSR count). The van der Waals surface area contributed by atoms with Gasteiger partial charge in [0.25, 0.3) is 0 Å². The van der Waals surface area contributed by atoms with Crippen molar-refractivity contribution in [3.8, 4) is 0 Å². The van der Waals surface area contributed by atoms with Crippen molar-refractivity contribution >= 4 is 5.97 Å². The summed E-state index contributed by atoms with van der Waals surface area (Å²) in [6.45, 7) is 0. The third-order valence-corrected chi connectivity index (χ3v) is 3.34. The minimum Gasteiger partial charge on any atom is -0.480 e. The first-order chi connectivity index (χ1) is 9.65. The molecule has 3 N–H and O–H groups in total. The van der Waals surface area contributed by atoms with Crippen LogP contribution in [-0.4, -0.2) is 17.1 Å². The van der Waals surface area contributed by atoms with Crippen LogP contribution in [0.25, 0.3) is 0 Å². The standard InChI is InChI=1S/C17H19NO2/c18-16(17(19)20)12-15-10-8-14(9-11-15)7-6-13-4-2-1-3-5-13/h1-5,8-11,16H,6-7,12,18H2,(H,19,20). The number of benzene rings is 2. The molecule has 0 heterocycles. The maximum atomic E-state index is 10.7. The summed E-state index contributed by atoms with van der Waals surface area (Å²) < 4.78 is 0. The Labute approximate surface area is 119 Å². The van der Waals surface area contributed by atoms with Gasteiger partial charge in [-0.1, -0.05) is 54.6 Å². The summed E-state index contributed by atoms with van der Waals surface area (Å²) in [4.78, 5) is 10.7. The maximum absolute atomic E-state index is 10.7. The van der Waals surface area contributed by atoms with E-state index in [0.29, 0.717) is 6.42 Å². The minimum absolute atomic E-state index is 0.369. The largest absolute Gasteiger partial charge is 0.480 e. The fourth-order valence-electron chi connectivity index (χ4n) is 2.12. The summed E-state index contributed by atoms with van der Waals surface area (Å²) in [6.07, 6.45) is 2.36. The zero-order valence-electron chi connectivity index (χ0n) is 11.3. The Kier molecular flexibility index (Phi) is 4.91. The van der Waals surface area contributed by atoms with Crippen LogP contribution in [0.1, 0.15) is 16.7 Å². The van der Waals surface area contributed by atoms with E-state index in [-0.39, 0.29) is 0 Å². The van der Waals surface area contributed by atoms with Gasteiger partial charge in [-0.15, -0.1) is 0 Å². The number of carbonyl (C=O) groups is 1. The van der Waals surface area contributed by atoms with E-state index in [0.717, 1.165) is 18.4 Å². The van der Waals surface area contributed by atoms with Gasteiger partial charge in [-0.05, 0) is 36.0 Å². The molecule has 104 valence electrons. The third kappa shape index (κ3) is 4.21. The summed E-state index contributed by atoms with van der Waals surface area (Å²) in [5.74, 6) is -0.960. The molecule has 0 aliphatic carbocycles. The molecule has 0 spiro atoms. The second-order valence-electron chi connectivity index (χ2n) is 4.95. The van der Waals surface area contributed by atoms with Crippen LogP contribution < -0.4 is 5.73 Å². The summed E-state index contributed by atoms with van der Waals surface area (Å²) in [5, 5.41) is 8.78. The highest BCUT2D eigenvalue weighted by Gasteiger charge is 2.11. The number of rotatable bonds is 6. The molecule has 2 aromatic carbocycles. The Morgan fingerprint density at radius 2 is 1.40 bits per heavy atom. The molecule has 3 nitrogen and oxygen atoms in total. The first kappa shape index (κ1) is 14.3. The highest BCUT2D eigenvalue weighted by molar-refractivity contribution is 5.73. The van der Waals surface area contributed by atoms with Crippen molar-refractivity contribution in [2.24, 2.45) is 5.73 Å². The molecule has 20 heavy (non-hydrogen) atoms. The lowest BCUT2D eigenvalue weighted by molar-refractivity contribution is -0.138. The normalized spacial score (nSPS) is 12.1. The van der Waals surface area contributed by atoms with Gasteiger partial charge in [-0.3, -0.25) is 4.79 Å². The summed E-state index contributed by atoms with van der Waals surface area (Å²) in [6, 6.07) is 17.6. The van der Waals surface area contributed by atoms with Crippen LogP contribution in [0.4, 0.5) is 0 Å². The molecular formula is C17H19NO2. The third-order valence-electron chi connectivity index (χ3n) is 3.34. The van der Waals surface area contributed by atoms with Gasteiger partial charge in [0.15, 0.2) is 0 Å². The molecule has 0 aromatic heterocycles. The molecule has 0 saturated carbocycles. The molecule has 2 aromatic rings. The van der Waals surface area contributed by atoms with Gasteiger partial charge in [0.05, 0.1) is 0 Å². The lowest BCUT2D eigenvalue weighted by Gasteiger charge is -2.07. The lowest BCUT2D eigenvalue weighted by atomic mass is 10.0. The van der Waals surface area contributed by atoms with Gasteiger partial charge in [0.1, 0.15) is 6.04 Å². The fraction of sp³-hybridized carbons (Fsp3) is 0.235. The van der Waals surface area contributed by atoms with Crippen molar-refractivity contribution < 1.29 is 9.90 Å². The van der Waals surface area contributed by atoms with Gasteiger partial charge in [-0.25, -0.2) is 0 Å². The number of hydrogen-bond acceptors (Lipinski definition) is 2. The average molecular weight is 269 g/mol. The molecule has 1 atom stereocenters. The number of nitrogens with two attached hydrogens (primary N) is 1. The van der Waals surface area contributed by atoms with Gasteiger partial charge < -0.3 is 10.8 Å². The van der Waals surface area contributed by atoms with Crippen molar-refractivity contribution in [1.82, 2.24) is 0 Å². The quantitative estimate of drug-likeness (QED) is 0.846. The van der Waals surface area contributed by atoms with Crippen LogP contribution in [0.15, 0.2) is 54.6 Å². The van der Waals surface area contributed by atoms with Crippen LogP contribution in [-0.2, 0) is 24.1 Å². The molecule has 0 fully saturated rings. The molecule has 0 aliphatic heterocycles. The Hall–Kier alpha value is -2.13. The zero-order chi connectivity index (χ0) is 14.4. The predicted octanol–water partition coefficient (Wildman–Crippen LogP) is 2.43. The van der Waals surface area contributed by atoms with E-state index in [2.05, 4.69) is 12.1 Å². The average Bonchev–Trinajstić information content (AvgIpc) is 2.47. The number of aliphatic carboxylic acids is 1. The Balaban J connectivity index is 1.90. The number of hydrogen-bond donors (Lipinski definition) is 2. The Morgan fingerprint density at radius 3 is 1.95 bits per heavy atom. The van der Waals surface area contributed by atoms with Crippen LogP contribution >= 0.6 is 0 Å². The maximum Gasteiger partial charge on any atom is 0.320 e. The van der Waals surface area contributed by atoms with Gasteiger partial charge in [0.2, 0.25) is 0 Å². The molecule has 0 radical (unpaired) electrons. The van der Waals surface area contributed by atoms with Crippen molar-refractivity contribution in [1.29, 1.82) is 0 Å². The van der Waals surface area contributed by atoms with Gasteiger partial charge >= 0.3 is 5.97 Å². The molecular weight excluding hydrogens is 250 g/mol. The van der Waals surface area contributed by atoms with E-state index in [1.54, 1.807) is 0 Å². The van der Waals surface area contributed by atoms with E-state index in [9.17, 15) is 4.79 Å². The molecule has 0 saturated heterocycles. The number of aryl methyl sites for hydroxylation is 2. The molecule has 3 heteroatoms. The topological polar surface area (TPSA) is 63.3 Å². The smallest absolute Gasteiger partial charge is 0.320 e. The van der Waals surface area contributed by atoms with Crippen LogP contribution in [0, 0.1) is 0 Å². The van der Waals surface area contributed by atoms with Crippen LogP contribution in [0.5, 0.6) is 0 Å². The van der Waals surface area contributed by atoms with Gasteiger partial charge in [0, 0.05) is 0 Å². The van der Waals surface area contributed by atoms with Crippen molar-refractivity contribution in [3.63, 3.8) is 0 Å². The van der Waals surface area contributed by atoms with E-state index in [1.165, 1.54) is 11.1 Å². The van der Waals surface area contributed by atoms with E-state index >= 15 is 0 Å². The summed E-state index contributed by atoms with van der Waals surface area (Å²) >= 11 is 0. The minimum atomic E-state index is -0.960. The van der Waals surface area contributed by atoms with Crippen LogP contribution in [0.3, 0.4) is 0 Å². The van der Waals surface area contributed by atoms with Crippen LogP contribution in [0.2, 0.25) is 0 Å². The monoisotopic (exact) mass is 269 g/mol. The first-order valence-corrected chi connectivity index (χ1v) is 6.75. The molecule has 1 unspecified atom stereocenters. The summed E-state index contributed by atoms with van der Waals surface area (Å²) in [7, 11) is 0. The highest BCUT2D eigenvalue weighted by Crippen LogP contribution is 2.10. The van der Waals surface area contributed by atoms with E-state index in [1.807, 2.05) is 42.5 Å². The highest BCUT2D eigenvalue weighted by atomic mass is 16.4. The van der Waals surface area contributed by atoms with E-state index in [4.69, 9.17) is 10.8 Å².